The Morgan fingerprint density at radius 2 is 1.52 bits per heavy atom. The number of halogens is 12. The van der Waals surface area contributed by atoms with Crippen molar-refractivity contribution >= 4 is 58.4 Å². The summed E-state index contributed by atoms with van der Waals surface area (Å²) < 4.78 is 125. The van der Waals surface area contributed by atoms with Crippen molar-refractivity contribution < 1.29 is 58.6 Å². The van der Waals surface area contributed by atoms with Crippen LogP contribution >= 0.6 is 34.8 Å². The second-order valence-electron chi connectivity index (χ2n) is 9.76. The maximum absolute atomic E-state index is 13.7. The zero-order valence-electron chi connectivity index (χ0n) is 24.5. The molecule has 0 saturated heterocycles. The molecule has 0 aliphatic carbocycles. The number of hydrogen-bond donors (Lipinski definition) is 2. The quantitative estimate of drug-likeness (QED) is 0.157. The second-order valence-corrected chi connectivity index (χ2v) is 11.0. The van der Waals surface area contributed by atoms with Gasteiger partial charge in [0.1, 0.15) is 11.4 Å². The lowest BCUT2D eigenvalue weighted by atomic mass is 10.1. The van der Waals surface area contributed by atoms with E-state index in [0.717, 1.165) is 32.4 Å². The van der Waals surface area contributed by atoms with Crippen LogP contribution in [0.3, 0.4) is 0 Å². The fourth-order valence-electron chi connectivity index (χ4n) is 4.08. The van der Waals surface area contributed by atoms with E-state index in [2.05, 4.69) is 30.7 Å². The number of carbonyl (C=O) groups excluding carboxylic acids is 3. The summed E-state index contributed by atoms with van der Waals surface area (Å²) in [5, 5.41) is 8.40. The van der Waals surface area contributed by atoms with E-state index in [1.165, 1.54) is 0 Å². The van der Waals surface area contributed by atoms with Gasteiger partial charge in [-0.1, -0.05) is 34.8 Å². The van der Waals surface area contributed by atoms with Crippen LogP contribution in [0, 0.1) is 0 Å². The summed E-state index contributed by atoms with van der Waals surface area (Å²) in [5.41, 5.74) is -5.23. The summed E-state index contributed by atoms with van der Waals surface area (Å²) in [7, 11) is 2.10. The molecule has 3 amide bonds. The van der Waals surface area contributed by atoms with Gasteiger partial charge in [-0.15, -0.1) is 0 Å². The van der Waals surface area contributed by atoms with E-state index >= 15 is 0 Å². The van der Waals surface area contributed by atoms with Crippen molar-refractivity contribution in [1.29, 1.82) is 0 Å². The second kappa shape index (κ2) is 13.9. The van der Waals surface area contributed by atoms with Crippen molar-refractivity contribution in [3.05, 3.63) is 85.5 Å². The summed E-state index contributed by atoms with van der Waals surface area (Å²) in [5.74, 6) is -3.06. The van der Waals surface area contributed by atoms with Gasteiger partial charge in [-0.2, -0.15) is 49.7 Å². The summed E-state index contributed by atoms with van der Waals surface area (Å²) in [6, 6.07) is 2.97. The van der Waals surface area contributed by atoms with Crippen molar-refractivity contribution in [3.63, 3.8) is 0 Å². The van der Waals surface area contributed by atoms with Crippen LogP contribution in [0.25, 0.3) is 5.82 Å². The molecule has 4 aromatic rings. The Morgan fingerprint density at radius 3 is 2.08 bits per heavy atom. The van der Waals surface area contributed by atoms with Crippen LogP contribution in [0.5, 0.6) is 0 Å². The Morgan fingerprint density at radius 1 is 0.860 bits per heavy atom. The van der Waals surface area contributed by atoms with Gasteiger partial charge in [0.15, 0.2) is 11.5 Å². The minimum absolute atomic E-state index is 0.102. The van der Waals surface area contributed by atoms with E-state index in [0.29, 0.717) is 22.0 Å². The molecule has 268 valence electrons. The Hall–Kier alpha value is -4.76. The molecule has 0 aliphatic heterocycles. The first-order valence-electron chi connectivity index (χ1n) is 13.0. The number of alkyl halides is 9. The fraction of sp³-hybridized carbons (Fsp3) is 0.231. The van der Waals surface area contributed by atoms with E-state index in [-0.39, 0.29) is 20.8 Å². The minimum atomic E-state index is -5.35. The van der Waals surface area contributed by atoms with Crippen LogP contribution in [0.2, 0.25) is 15.1 Å². The predicted molar refractivity (Wildman–Crippen MR) is 155 cm³/mol. The molecule has 24 heteroatoms. The Balaban J connectivity index is 1.84. The number of rotatable bonds is 6. The Labute approximate surface area is 287 Å². The predicted octanol–water partition coefficient (Wildman–Crippen LogP) is 7.12. The molecule has 3 aromatic heterocycles. The van der Waals surface area contributed by atoms with Crippen LogP contribution in [0.15, 0.2) is 36.5 Å². The molecule has 3 heterocycles. The van der Waals surface area contributed by atoms with Crippen molar-refractivity contribution in [2.24, 2.45) is 0 Å². The zero-order valence-corrected chi connectivity index (χ0v) is 26.8. The molecule has 0 spiro atoms. The number of aromatic nitrogens is 5. The third-order valence-electron chi connectivity index (χ3n) is 6.27. The van der Waals surface area contributed by atoms with Gasteiger partial charge in [0.2, 0.25) is 0 Å². The average Bonchev–Trinajstić information content (AvgIpc) is 3.62. The molecule has 0 aliphatic rings. The molecule has 1 aromatic carbocycles. The number of methoxy groups -OCH3 is 1. The Bertz CT molecular complexity index is 1980. The fourth-order valence-corrected chi connectivity index (χ4v) is 4.87. The highest BCUT2D eigenvalue weighted by Crippen LogP contribution is 2.37. The average molecular weight is 782 g/mol. The molecule has 0 atom stereocenters. The van der Waals surface area contributed by atoms with Crippen molar-refractivity contribution in [2.75, 3.05) is 19.5 Å². The Kier molecular flexibility index (Phi) is 10.6. The molecule has 0 radical (unpaired) electrons. The third kappa shape index (κ3) is 8.33. The van der Waals surface area contributed by atoms with Crippen LogP contribution in [-0.4, -0.2) is 61.6 Å². The molecule has 0 fully saturated rings. The monoisotopic (exact) mass is 780 g/mol. The summed E-state index contributed by atoms with van der Waals surface area (Å²) in [6.07, 6.45) is -16.3. The van der Waals surface area contributed by atoms with E-state index in [1.807, 2.05) is 0 Å². The van der Waals surface area contributed by atoms with Crippen molar-refractivity contribution in [1.82, 2.24) is 35.0 Å². The maximum Gasteiger partial charge on any atom is 0.435 e. The molecular formula is C26H16Cl3F9N8O4. The first-order chi connectivity index (χ1) is 23.0. The lowest BCUT2D eigenvalue weighted by Gasteiger charge is -2.19. The first-order valence-corrected chi connectivity index (χ1v) is 14.1. The van der Waals surface area contributed by atoms with Gasteiger partial charge < -0.3 is 10.1 Å². The number of nitrogens with one attached hydrogen (secondary N) is 2. The topological polar surface area (TPSA) is 136 Å². The highest BCUT2D eigenvalue weighted by Gasteiger charge is 2.42. The van der Waals surface area contributed by atoms with Gasteiger partial charge in [0.05, 0.1) is 46.2 Å². The van der Waals surface area contributed by atoms with Gasteiger partial charge in [0.25, 0.3) is 11.8 Å². The number of amides is 3. The normalized spacial score (nSPS) is 12.1. The minimum Gasteiger partial charge on any atom is -0.452 e. The number of benzene rings is 1. The summed E-state index contributed by atoms with van der Waals surface area (Å²) in [4.78, 5) is 42.0. The number of hydrogen-bond acceptors (Lipinski definition) is 7. The van der Waals surface area contributed by atoms with E-state index < -0.39 is 93.4 Å². The highest BCUT2D eigenvalue weighted by molar-refractivity contribution is 6.38. The third-order valence-corrected chi connectivity index (χ3v) is 7.07. The lowest BCUT2D eigenvalue weighted by Crippen LogP contribution is -2.43. The number of hydrazine groups is 1. The van der Waals surface area contributed by atoms with Crippen LogP contribution in [0.4, 0.5) is 50.0 Å². The van der Waals surface area contributed by atoms with Gasteiger partial charge in [-0.25, -0.2) is 19.5 Å². The molecule has 0 bridgehead atoms. The van der Waals surface area contributed by atoms with E-state index in [9.17, 15) is 53.9 Å². The lowest BCUT2D eigenvalue weighted by molar-refractivity contribution is -0.144. The van der Waals surface area contributed by atoms with Crippen LogP contribution in [0.1, 0.15) is 43.5 Å². The first kappa shape index (κ1) is 38.0. The maximum atomic E-state index is 13.7. The molecule has 0 unspecified atom stereocenters. The zero-order chi connectivity index (χ0) is 37.5. The largest absolute Gasteiger partial charge is 0.452 e. The summed E-state index contributed by atoms with van der Waals surface area (Å²) in [6.45, 7) is -1.16. The standard InChI is InChI=1S/C26H16Cl3F9N8O4/c1-44(23(49)50-2)43-21(47)13-4-11(27)5-14(28)19(13)40-22(48)16-6-12(9-45-18(26(36,37)38)7-17(42-45)25(33,34)35)41-46(16)20-15(29)3-10(8-39-20)24(30,31)32/h3-8H,9H2,1-2H3,(H,40,48)(H,43,47). The number of ether oxygens (including phenoxy) is 1. The number of pyridine rings is 1. The molecular weight excluding hydrogens is 766 g/mol. The van der Waals surface area contributed by atoms with E-state index in [4.69, 9.17) is 34.8 Å². The molecule has 4 rings (SSSR count). The molecule has 2 N–H and O–H groups in total. The van der Waals surface area contributed by atoms with Gasteiger partial charge in [-0.3, -0.25) is 19.7 Å². The van der Waals surface area contributed by atoms with Gasteiger partial charge in [-0.05, 0) is 24.3 Å². The molecule has 0 saturated carbocycles. The van der Waals surface area contributed by atoms with Crippen LogP contribution in [-0.2, 0) is 29.8 Å². The number of anilines is 1. The van der Waals surface area contributed by atoms with Crippen LogP contribution < -0.4 is 10.7 Å². The van der Waals surface area contributed by atoms with E-state index in [1.54, 1.807) is 0 Å². The van der Waals surface area contributed by atoms with Crippen molar-refractivity contribution in [3.8, 4) is 5.82 Å². The SMILES string of the molecule is COC(=O)N(C)NC(=O)c1cc(Cl)cc(Cl)c1NC(=O)c1cc(Cn2nc(C(F)(F)F)cc2C(F)(F)F)nn1-c1ncc(C(F)(F)F)cc1Cl. The summed E-state index contributed by atoms with van der Waals surface area (Å²) >= 11 is 18.3. The number of carbonyl (C=O) groups is 3. The highest BCUT2D eigenvalue weighted by atomic mass is 35.5. The smallest absolute Gasteiger partial charge is 0.435 e. The van der Waals surface area contributed by atoms with Gasteiger partial charge >= 0.3 is 24.6 Å². The van der Waals surface area contributed by atoms with Crippen molar-refractivity contribution in [2.45, 2.75) is 25.1 Å². The van der Waals surface area contributed by atoms with Gasteiger partial charge in [0, 0.05) is 24.3 Å². The number of nitrogens with zero attached hydrogens (tertiary/aromatic N) is 6. The molecule has 12 nitrogen and oxygen atoms in total. The molecule has 50 heavy (non-hydrogen) atoms.